The Labute approximate surface area is 105 Å². The molecule has 94 valence electrons. The van der Waals surface area contributed by atoms with Gasteiger partial charge in [0.25, 0.3) is 0 Å². The first-order valence-electron chi connectivity index (χ1n) is 5.62. The molecule has 0 amide bonds. The van der Waals surface area contributed by atoms with Gasteiger partial charge in [0.05, 0.1) is 6.20 Å². The summed E-state index contributed by atoms with van der Waals surface area (Å²) in [6, 6.07) is 0.463. The van der Waals surface area contributed by atoms with E-state index in [-0.39, 0.29) is 0 Å². The van der Waals surface area contributed by atoms with Gasteiger partial charge in [-0.15, -0.1) is 0 Å². The van der Waals surface area contributed by atoms with E-state index in [9.17, 15) is 0 Å². The first-order valence-corrected chi connectivity index (χ1v) is 6.60. The highest BCUT2D eigenvalue weighted by Gasteiger charge is 2.19. The van der Waals surface area contributed by atoms with Gasteiger partial charge in [-0.25, -0.2) is 4.98 Å². The Morgan fingerprint density at radius 1 is 1.71 bits per heavy atom. The second kappa shape index (κ2) is 6.07. The molecule has 1 aromatic heterocycles. The van der Waals surface area contributed by atoms with E-state index in [0.29, 0.717) is 18.5 Å². The van der Waals surface area contributed by atoms with Crippen LogP contribution in [0.15, 0.2) is 15.6 Å². The number of nitrogens with one attached hydrogen (secondary N) is 1. The highest BCUT2D eigenvalue weighted by molar-refractivity contribution is 8.14. The van der Waals surface area contributed by atoms with Crippen molar-refractivity contribution in [1.29, 1.82) is 0 Å². The van der Waals surface area contributed by atoms with Gasteiger partial charge in [0.1, 0.15) is 12.3 Å². The lowest BCUT2D eigenvalue weighted by Gasteiger charge is -2.07. The zero-order valence-corrected chi connectivity index (χ0v) is 10.9. The summed E-state index contributed by atoms with van der Waals surface area (Å²) < 4.78 is 10.4. The van der Waals surface area contributed by atoms with Gasteiger partial charge in [0.2, 0.25) is 5.89 Å². The molecule has 0 aromatic carbocycles. The molecule has 1 atom stereocenters. The van der Waals surface area contributed by atoms with Gasteiger partial charge in [-0.05, 0) is 13.3 Å². The average molecular weight is 255 g/mol. The summed E-state index contributed by atoms with van der Waals surface area (Å²) >= 11 is 1.74. The number of ether oxygens (including phenoxy) is 1. The molecule has 1 aliphatic heterocycles. The molecule has 1 aromatic rings. The van der Waals surface area contributed by atoms with Gasteiger partial charge in [-0.1, -0.05) is 11.8 Å². The number of aryl methyl sites for hydroxylation is 1. The van der Waals surface area contributed by atoms with E-state index < -0.39 is 0 Å². The predicted molar refractivity (Wildman–Crippen MR) is 68.3 cm³/mol. The average Bonchev–Trinajstić information content (AvgIpc) is 2.93. The van der Waals surface area contributed by atoms with Crippen LogP contribution in [-0.2, 0) is 11.3 Å². The van der Waals surface area contributed by atoms with Crippen molar-refractivity contribution < 1.29 is 9.15 Å². The maximum absolute atomic E-state index is 5.36. The number of aliphatic imine (C=N–C) groups is 1. The lowest BCUT2D eigenvalue weighted by Crippen LogP contribution is -2.28. The fraction of sp³-hybridized carbons (Fsp3) is 0.636. The van der Waals surface area contributed by atoms with Crippen molar-refractivity contribution in [3.8, 4) is 0 Å². The minimum absolute atomic E-state index is 0.463. The molecule has 6 heteroatoms. The Morgan fingerprint density at radius 2 is 2.59 bits per heavy atom. The Morgan fingerprint density at radius 3 is 3.29 bits per heavy atom. The van der Waals surface area contributed by atoms with E-state index in [1.807, 2.05) is 6.92 Å². The summed E-state index contributed by atoms with van der Waals surface area (Å²) in [5.41, 5.74) is 0. The van der Waals surface area contributed by atoms with Crippen molar-refractivity contribution in [3.05, 3.63) is 17.8 Å². The van der Waals surface area contributed by atoms with Crippen LogP contribution in [0.1, 0.15) is 18.1 Å². The third kappa shape index (κ3) is 3.74. The van der Waals surface area contributed by atoms with Crippen LogP contribution >= 0.6 is 11.8 Å². The number of hydrogen-bond acceptors (Lipinski definition) is 5. The smallest absolute Gasteiger partial charge is 0.216 e. The standard InChI is InChI=1S/C11H17N3O2S/c1-8-5-12-10(16-8)6-13-11-14-9(7-17-11)3-4-15-2/h5,9H,3-4,6-7H2,1-2H3,(H,13,14). The molecule has 1 fully saturated rings. The zero-order chi connectivity index (χ0) is 12.1. The molecular formula is C11H17N3O2S. The molecule has 2 heterocycles. The van der Waals surface area contributed by atoms with Crippen LogP contribution in [0.5, 0.6) is 0 Å². The molecular weight excluding hydrogens is 238 g/mol. The fourth-order valence-corrected chi connectivity index (χ4v) is 2.57. The van der Waals surface area contributed by atoms with Crippen molar-refractivity contribution >= 4 is 16.9 Å². The number of amidine groups is 1. The molecule has 0 bridgehead atoms. The topological polar surface area (TPSA) is 59.7 Å². The minimum Gasteiger partial charge on any atom is -0.444 e. The Balaban J connectivity index is 1.79. The van der Waals surface area contributed by atoms with Gasteiger partial charge in [-0.2, -0.15) is 0 Å². The van der Waals surface area contributed by atoms with E-state index in [0.717, 1.165) is 29.7 Å². The summed E-state index contributed by atoms with van der Waals surface area (Å²) in [6.07, 6.45) is 2.73. The molecule has 1 aliphatic rings. The van der Waals surface area contributed by atoms with Crippen molar-refractivity contribution in [3.63, 3.8) is 0 Å². The minimum atomic E-state index is 0.463. The van der Waals surface area contributed by atoms with Gasteiger partial charge in [0, 0.05) is 25.5 Å². The third-order valence-corrected chi connectivity index (χ3v) is 3.54. The normalized spacial score (nSPS) is 22.0. The van der Waals surface area contributed by atoms with Crippen molar-refractivity contribution in [2.45, 2.75) is 25.9 Å². The maximum atomic E-state index is 5.36. The Hall–Kier alpha value is -1.01. The van der Waals surface area contributed by atoms with Crippen molar-refractivity contribution in [1.82, 2.24) is 10.3 Å². The van der Waals surface area contributed by atoms with Gasteiger partial charge in [-0.3, -0.25) is 4.99 Å². The summed E-state index contributed by atoms with van der Waals surface area (Å²) in [6.45, 7) is 3.16. The summed E-state index contributed by atoms with van der Waals surface area (Å²) in [4.78, 5) is 8.55. The molecule has 0 aliphatic carbocycles. The molecule has 2 rings (SSSR count). The molecule has 5 nitrogen and oxygen atoms in total. The van der Waals surface area contributed by atoms with Crippen LogP contribution in [0.25, 0.3) is 0 Å². The lowest BCUT2D eigenvalue weighted by molar-refractivity contribution is 0.188. The van der Waals surface area contributed by atoms with E-state index in [1.54, 1.807) is 25.1 Å². The number of rotatable bonds is 5. The van der Waals surface area contributed by atoms with Crippen molar-refractivity contribution in [2.75, 3.05) is 19.5 Å². The monoisotopic (exact) mass is 255 g/mol. The molecule has 1 N–H and O–H groups in total. The molecule has 17 heavy (non-hydrogen) atoms. The highest BCUT2D eigenvalue weighted by Crippen LogP contribution is 2.16. The summed E-state index contributed by atoms with van der Waals surface area (Å²) in [5, 5.41) is 4.34. The van der Waals surface area contributed by atoms with Crippen molar-refractivity contribution in [2.24, 2.45) is 4.99 Å². The molecule has 1 saturated heterocycles. The molecule has 0 spiro atoms. The Kier molecular flexibility index (Phi) is 4.44. The second-order valence-electron chi connectivity index (χ2n) is 3.92. The summed E-state index contributed by atoms with van der Waals surface area (Å²) in [7, 11) is 1.72. The quantitative estimate of drug-likeness (QED) is 0.865. The number of nitrogens with zero attached hydrogens (tertiary/aromatic N) is 2. The van der Waals surface area contributed by atoms with Crippen LogP contribution in [0.2, 0.25) is 0 Å². The SMILES string of the molecule is COCCC1CSC(=NCc2ncc(C)o2)N1. The number of hydrogen-bond donors (Lipinski definition) is 1. The van der Waals surface area contributed by atoms with E-state index in [4.69, 9.17) is 9.15 Å². The first-order chi connectivity index (χ1) is 8.28. The molecule has 0 saturated carbocycles. The third-order valence-electron chi connectivity index (χ3n) is 2.45. The molecule has 0 radical (unpaired) electrons. The first kappa shape index (κ1) is 12.4. The van der Waals surface area contributed by atoms with Crippen LogP contribution < -0.4 is 5.32 Å². The van der Waals surface area contributed by atoms with Gasteiger partial charge < -0.3 is 14.5 Å². The van der Waals surface area contributed by atoms with Gasteiger partial charge in [0.15, 0.2) is 5.17 Å². The second-order valence-corrected chi connectivity index (χ2v) is 4.93. The summed E-state index contributed by atoms with van der Waals surface area (Å²) in [5.74, 6) is 2.54. The number of thioether (sulfide) groups is 1. The lowest BCUT2D eigenvalue weighted by atomic mass is 10.2. The Bertz CT molecular complexity index is 392. The van der Waals surface area contributed by atoms with Crippen LogP contribution in [0, 0.1) is 6.92 Å². The van der Waals surface area contributed by atoms with Crippen LogP contribution in [0.3, 0.4) is 0 Å². The zero-order valence-electron chi connectivity index (χ0n) is 10.1. The predicted octanol–water partition coefficient (Wildman–Crippen LogP) is 1.58. The van der Waals surface area contributed by atoms with Gasteiger partial charge >= 0.3 is 0 Å². The molecule has 1 unspecified atom stereocenters. The largest absolute Gasteiger partial charge is 0.444 e. The van der Waals surface area contributed by atoms with E-state index >= 15 is 0 Å². The number of aromatic nitrogens is 1. The number of oxazole rings is 1. The van der Waals surface area contributed by atoms with Crippen LogP contribution in [-0.4, -0.2) is 35.7 Å². The van der Waals surface area contributed by atoms with E-state index in [2.05, 4.69) is 15.3 Å². The fourth-order valence-electron chi connectivity index (χ4n) is 1.56. The van der Waals surface area contributed by atoms with Crippen LogP contribution in [0.4, 0.5) is 0 Å². The maximum Gasteiger partial charge on any atom is 0.216 e. The highest BCUT2D eigenvalue weighted by atomic mass is 32.2. The van der Waals surface area contributed by atoms with E-state index in [1.165, 1.54) is 0 Å². The number of methoxy groups -OCH3 is 1.